The zero-order chi connectivity index (χ0) is 13.1. The van der Waals surface area contributed by atoms with Gasteiger partial charge in [0, 0.05) is 13.1 Å². The van der Waals surface area contributed by atoms with Crippen LogP contribution in [0.3, 0.4) is 0 Å². The molecular weight excluding hydrogens is 250 g/mol. The van der Waals surface area contributed by atoms with Gasteiger partial charge in [-0.1, -0.05) is 12.1 Å². The van der Waals surface area contributed by atoms with Crippen molar-refractivity contribution in [3.05, 3.63) is 29.8 Å². The van der Waals surface area contributed by atoms with Crippen LogP contribution in [-0.2, 0) is 16.6 Å². The molecule has 1 aromatic carbocycles. The van der Waals surface area contributed by atoms with Gasteiger partial charge in [-0.2, -0.15) is 8.78 Å². The quantitative estimate of drug-likeness (QED) is 0.877. The number of anilines is 1. The lowest BCUT2D eigenvalue weighted by Crippen LogP contribution is -2.35. The minimum atomic E-state index is -4.59. The van der Waals surface area contributed by atoms with Gasteiger partial charge in [0.05, 0.1) is 5.69 Å². The summed E-state index contributed by atoms with van der Waals surface area (Å²) in [4.78, 5) is 0. The van der Waals surface area contributed by atoms with Gasteiger partial charge in [-0.25, -0.2) is 8.42 Å². The average molecular weight is 264 g/mol. The summed E-state index contributed by atoms with van der Waals surface area (Å²) in [7, 11) is -4.59. The van der Waals surface area contributed by atoms with Crippen LogP contribution < -0.4 is 10.0 Å². The summed E-state index contributed by atoms with van der Waals surface area (Å²) in [5.41, 5.74) is 6.41. The minimum absolute atomic E-state index is 0.0470. The smallest absolute Gasteiger partial charge is 0.326 e. The summed E-state index contributed by atoms with van der Waals surface area (Å²) in [5, 5.41) is 0. The lowest BCUT2D eigenvalue weighted by Gasteiger charge is -2.22. The van der Waals surface area contributed by atoms with Gasteiger partial charge >= 0.3 is 5.76 Å². The molecule has 0 fully saturated rings. The van der Waals surface area contributed by atoms with E-state index in [0.717, 1.165) is 5.56 Å². The van der Waals surface area contributed by atoms with Gasteiger partial charge < -0.3 is 5.73 Å². The summed E-state index contributed by atoms with van der Waals surface area (Å²) in [6.07, 6.45) is 0. The standard InChI is InChI=1S/C10H14F2N2O2S/c1-2-14(17(15,16)10(11)12)9-5-3-8(7-13)4-6-9/h3-6,10H,2,7,13H2,1H3. The van der Waals surface area contributed by atoms with Gasteiger partial charge in [-0.3, -0.25) is 4.31 Å². The van der Waals surface area contributed by atoms with E-state index in [9.17, 15) is 17.2 Å². The Hall–Kier alpha value is -1.21. The third-order valence-corrected chi connectivity index (χ3v) is 3.81. The van der Waals surface area contributed by atoms with Crippen molar-refractivity contribution in [3.8, 4) is 0 Å². The normalized spacial score (nSPS) is 11.8. The van der Waals surface area contributed by atoms with Crippen LogP contribution in [-0.4, -0.2) is 20.7 Å². The molecule has 1 aromatic rings. The average Bonchev–Trinajstić information content (AvgIpc) is 2.30. The van der Waals surface area contributed by atoms with Crippen LogP contribution in [0, 0.1) is 0 Å². The van der Waals surface area contributed by atoms with Crippen LogP contribution >= 0.6 is 0 Å². The molecule has 0 atom stereocenters. The number of hydrogen-bond acceptors (Lipinski definition) is 3. The maximum absolute atomic E-state index is 12.4. The van der Waals surface area contributed by atoms with Crippen LogP contribution in [0.4, 0.5) is 14.5 Å². The second-order valence-corrected chi connectivity index (χ2v) is 5.17. The third-order valence-electron chi connectivity index (χ3n) is 2.28. The Morgan fingerprint density at radius 2 is 1.82 bits per heavy atom. The highest BCUT2D eigenvalue weighted by molar-refractivity contribution is 7.93. The predicted octanol–water partition coefficient (Wildman–Crippen LogP) is 1.52. The zero-order valence-corrected chi connectivity index (χ0v) is 10.1. The van der Waals surface area contributed by atoms with Gasteiger partial charge in [0.25, 0.3) is 10.0 Å². The van der Waals surface area contributed by atoms with Crippen LogP contribution in [0.15, 0.2) is 24.3 Å². The number of rotatable bonds is 5. The van der Waals surface area contributed by atoms with Gasteiger partial charge in [0.1, 0.15) is 0 Å². The van der Waals surface area contributed by atoms with Crippen LogP contribution in [0.25, 0.3) is 0 Å². The van der Waals surface area contributed by atoms with Crippen molar-refractivity contribution in [2.75, 3.05) is 10.8 Å². The first-order valence-corrected chi connectivity index (χ1v) is 6.52. The number of alkyl halides is 2. The molecule has 96 valence electrons. The Morgan fingerprint density at radius 3 is 2.18 bits per heavy atom. The van der Waals surface area contributed by atoms with E-state index in [4.69, 9.17) is 5.73 Å². The molecule has 0 spiro atoms. The summed E-state index contributed by atoms with van der Waals surface area (Å²) in [6.45, 7) is 1.76. The van der Waals surface area contributed by atoms with Crippen molar-refractivity contribution in [3.63, 3.8) is 0 Å². The van der Waals surface area contributed by atoms with E-state index in [1.54, 1.807) is 12.1 Å². The van der Waals surface area contributed by atoms with E-state index in [1.807, 2.05) is 0 Å². The molecule has 0 amide bonds. The highest BCUT2D eigenvalue weighted by atomic mass is 32.2. The van der Waals surface area contributed by atoms with E-state index >= 15 is 0 Å². The maximum atomic E-state index is 12.4. The van der Waals surface area contributed by atoms with Crippen molar-refractivity contribution < 1.29 is 17.2 Å². The second kappa shape index (κ2) is 5.42. The molecule has 0 radical (unpaired) electrons. The maximum Gasteiger partial charge on any atom is 0.355 e. The van der Waals surface area contributed by atoms with Crippen molar-refractivity contribution >= 4 is 15.7 Å². The van der Waals surface area contributed by atoms with Gasteiger partial charge in [0.15, 0.2) is 0 Å². The molecule has 0 aliphatic rings. The molecule has 0 bridgehead atoms. The van der Waals surface area contributed by atoms with E-state index in [2.05, 4.69) is 0 Å². The molecule has 17 heavy (non-hydrogen) atoms. The SMILES string of the molecule is CCN(c1ccc(CN)cc1)S(=O)(=O)C(F)F. The number of nitrogens with zero attached hydrogens (tertiary/aromatic N) is 1. The Balaban J connectivity index is 3.10. The Kier molecular flexibility index (Phi) is 4.41. The second-order valence-electron chi connectivity index (χ2n) is 3.34. The van der Waals surface area contributed by atoms with Crippen LogP contribution in [0.5, 0.6) is 0 Å². The molecule has 1 rings (SSSR count). The first-order valence-electron chi connectivity index (χ1n) is 5.02. The fraction of sp³-hybridized carbons (Fsp3) is 0.400. The molecular formula is C10H14F2N2O2S. The van der Waals surface area contributed by atoms with E-state index in [-0.39, 0.29) is 12.2 Å². The van der Waals surface area contributed by atoms with E-state index in [0.29, 0.717) is 10.8 Å². The number of nitrogens with two attached hydrogens (primary N) is 1. The number of benzene rings is 1. The largest absolute Gasteiger partial charge is 0.355 e. The molecule has 7 heteroatoms. The van der Waals surface area contributed by atoms with Crippen LogP contribution in [0.1, 0.15) is 12.5 Å². The summed E-state index contributed by atoms with van der Waals surface area (Å²) in [6, 6.07) is 6.15. The van der Waals surface area contributed by atoms with Crippen molar-refractivity contribution in [2.24, 2.45) is 5.73 Å². The van der Waals surface area contributed by atoms with Crippen molar-refractivity contribution in [1.82, 2.24) is 0 Å². The molecule has 0 heterocycles. The highest BCUT2D eigenvalue weighted by Crippen LogP contribution is 2.22. The molecule has 0 saturated heterocycles. The molecule has 4 nitrogen and oxygen atoms in total. The molecule has 0 aromatic heterocycles. The number of halogens is 2. The minimum Gasteiger partial charge on any atom is -0.326 e. The lowest BCUT2D eigenvalue weighted by atomic mass is 10.2. The number of sulfonamides is 1. The summed E-state index contributed by atoms with van der Waals surface area (Å²) < 4.78 is 48.3. The monoisotopic (exact) mass is 264 g/mol. The molecule has 2 N–H and O–H groups in total. The summed E-state index contributed by atoms with van der Waals surface area (Å²) in [5.74, 6) is -3.42. The molecule has 0 aliphatic carbocycles. The highest BCUT2D eigenvalue weighted by Gasteiger charge is 2.31. The molecule has 0 aliphatic heterocycles. The predicted molar refractivity (Wildman–Crippen MR) is 62.3 cm³/mol. The zero-order valence-electron chi connectivity index (χ0n) is 9.31. The fourth-order valence-corrected chi connectivity index (χ4v) is 2.37. The third kappa shape index (κ3) is 2.92. The molecule has 0 saturated carbocycles. The van der Waals surface area contributed by atoms with Crippen molar-refractivity contribution in [1.29, 1.82) is 0 Å². The Bertz CT molecular complexity index is 460. The Labute approximate surface area is 99.1 Å². The van der Waals surface area contributed by atoms with E-state index < -0.39 is 15.8 Å². The Morgan fingerprint density at radius 1 is 1.29 bits per heavy atom. The summed E-state index contributed by atoms with van der Waals surface area (Å²) >= 11 is 0. The van der Waals surface area contributed by atoms with Crippen LogP contribution in [0.2, 0.25) is 0 Å². The van der Waals surface area contributed by atoms with Gasteiger partial charge in [0.2, 0.25) is 0 Å². The molecule has 0 unspecified atom stereocenters. The topological polar surface area (TPSA) is 63.4 Å². The first-order chi connectivity index (χ1) is 7.93. The first kappa shape index (κ1) is 13.9. The van der Waals surface area contributed by atoms with E-state index in [1.165, 1.54) is 19.1 Å². The van der Waals surface area contributed by atoms with Crippen molar-refractivity contribution in [2.45, 2.75) is 19.2 Å². The number of hydrogen-bond donors (Lipinski definition) is 1. The lowest BCUT2D eigenvalue weighted by molar-refractivity contribution is 0.234. The van der Waals surface area contributed by atoms with Gasteiger partial charge in [-0.05, 0) is 24.6 Å². The fourth-order valence-electron chi connectivity index (χ4n) is 1.40. The van der Waals surface area contributed by atoms with Gasteiger partial charge in [-0.15, -0.1) is 0 Å².